The normalized spacial score (nSPS) is 23.0. The molecule has 0 spiro atoms. The van der Waals surface area contributed by atoms with Crippen molar-refractivity contribution >= 4 is 0 Å². The fourth-order valence-electron chi connectivity index (χ4n) is 3.50. The minimum atomic E-state index is -0.455. The zero-order chi connectivity index (χ0) is 16.6. The van der Waals surface area contributed by atoms with E-state index in [9.17, 15) is 5.11 Å². The first-order valence-corrected chi connectivity index (χ1v) is 9.21. The second-order valence-corrected chi connectivity index (χ2v) is 6.72. The second-order valence-electron chi connectivity index (χ2n) is 6.72. The summed E-state index contributed by atoms with van der Waals surface area (Å²) in [5, 5.41) is 13.5. The molecule has 0 aromatic heterocycles. The first-order valence-electron chi connectivity index (χ1n) is 9.21. The predicted molar refractivity (Wildman–Crippen MR) is 94.2 cm³/mol. The molecule has 1 aromatic carbocycles. The van der Waals surface area contributed by atoms with Crippen LogP contribution in [-0.4, -0.2) is 68.7 Å². The van der Waals surface area contributed by atoms with E-state index in [1.807, 2.05) is 0 Å². The Labute approximate surface area is 144 Å². The Bertz CT molecular complexity index is 491. The molecule has 5 nitrogen and oxygen atoms in total. The van der Waals surface area contributed by atoms with Crippen LogP contribution < -0.4 is 5.32 Å². The zero-order valence-electron chi connectivity index (χ0n) is 14.5. The van der Waals surface area contributed by atoms with E-state index in [-0.39, 0.29) is 6.10 Å². The highest BCUT2D eigenvalue weighted by Crippen LogP contribution is 2.32. The number of aliphatic hydroxyl groups excluding tert-OH is 1. The molecule has 3 rings (SSSR count). The molecule has 1 fully saturated rings. The summed E-state index contributed by atoms with van der Waals surface area (Å²) in [4.78, 5) is 2.39. The topological polar surface area (TPSA) is 54.0 Å². The van der Waals surface area contributed by atoms with Gasteiger partial charge in [-0.3, -0.25) is 4.90 Å². The third-order valence-electron chi connectivity index (χ3n) is 4.89. The number of benzene rings is 1. The smallest absolute Gasteiger partial charge is 0.0897 e. The van der Waals surface area contributed by atoms with Crippen molar-refractivity contribution in [2.45, 2.75) is 31.5 Å². The highest BCUT2D eigenvalue weighted by Gasteiger charge is 2.21. The van der Waals surface area contributed by atoms with Crippen LogP contribution in [0.3, 0.4) is 0 Å². The van der Waals surface area contributed by atoms with E-state index in [4.69, 9.17) is 9.47 Å². The van der Waals surface area contributed by atoms with Gasteiger partial charge in [0.1, 0.15) is 0 Å². The molecule has 2 unspecified atom stereocenters. The molecular weight excluding hydrogens is 304 g/mol. The quantitative estimate of drug-likeness (QED) is 0.703. The number of ether oxygens (including phenoxy) is 2. The van der Waals surface area contributed by atoms with Gasteiger partial charge in [-0.2, -0.15) is 0 Å². The molecule has 0 amide bonds. The van der Waals surface area contributed by atoms with Gasteiger partial charge in [-0.25, -0.2) is 0 Å². The molecule has 0 bridgehead atoms. The summed E-state index contributed by atoms with van der Waals surface area (Å²) >= 11 is 0. The van der Waals surface area contributed by atoms with Crippen molar-refractivity contribution in [1.82, 2.24) is 10.2 Å². The van der Waals surface area contributed by atoms with Crippen LogP contribution in [0.25, 0.3) is 0 Å². The molecule has 2 N–H and O–H groups in total. The maximum Gasteiger partial charge on any atom is 0.0897 e. The Hall–Kier alpha value is -0.980. The minimum absolute atomic E-state index is 0.137. The summed E-state index contributed by atoms with van der Waals surface area (Å²) in [6, 6.07) is 8.51. The Morgan fingerprint density at radius 2 is 2.12 bits per heavy atom. The number of aryl methyl sites for hydroxylation is 1. The first kappa shape index (κ1) is 17.8. The van der Waals surface area contributed by atoms with Gasteiger partial charge in [0.2, 0.25) is 0 Å². The van der Waals surface area contributed by atoms with Gasteiger partial charge in [-0.05, 0) is 30.4 Å². The van der Waals surface area contributed by atoms with Crippen molar-refractivity contribution in [2.75, 3.05) is 52.5 Å². The molecule has 1 saturated heterocycles. The average molecular weight is 334 g/mol. The third kappa shape index (κ3) is 5.26. The van der Waals surface area contributed by atoms with Crippen LogP contribution in [0.4, 0.5) is 0 Å². The van der Waals surface area contributed by atoms with E-state index in [1.165, 1.54) is 11.1 Å². The van der Waals surface area contributed by atoms with Crippen LogP contribution in [0.5, 0.6) is 0 Å². The van der Waals surface area contributed by atoms with Crippen LogP contribution >= 0.6 is 0 Å². The van der Waals surface area contributed by atoms with E-state index < -0.39 is 6.10 Å². The van der Waals surface area contributed by atoms with Crippen molar-refractivity contribution in [1.29, 1.82) is 0 Å². The molecule has 0 radical (unpaired) electrons. The predicted octanol–water partition coefficient (Wildman–Crippen LogP) is 1.36. The molecule has 0 saturated carbocycles. The number of nitrogens with zero attached hydrogens (tertiary/aromatic N) is 1. The minimum Gasteiger partial charge on any atom is -0.389 e. The summed E-state index contributed by atoms with van der Waals surface area (Å²) in [6.45, 7) is 6.56. The highest BCUT2D eigenvalue weighted by molar-refractivity contribution is 5.31. The molecule has 1 aliphatic heterocycles. The van der Waals surface area contributed by atoms with E-state index in [1.54, 1.807) is 0 Å². The van der Waals surface area contributed by atoms with Crippen LogP contribution in [0.2, 0.25) is 0 Å². The lowest BCUT2D eigenvalue weighted by Gasteiger charge is -2.27. The molecule has 5 heteroatoms. The molecule has 134 valence electrons. The summed E-state index contributed by atoms with van der Waals surface area (Å²) in [6.07, 6.45) is 3.03. The maximum absolute atomic E-state index is 10.1. The number of morpholine rings is 1. The van der Waals surface area contributed by atoms with E-state index in [2.05, 4.69) is 34.5 Å². The largest absolute Gasteiger partial charge is 0.389 e. The van der Waals surface area contributed by atoms with Gasteiger partial charge in [-0.1, -0.05) is 24.3 Å². The van der Waals surface area contributed by atoms with Crippen molar-refractivity contribution in [2.24, 2.45) is 0 Å². The Morgan fingerprint density at radius 1 is 1.29 bits per heavy atom. The first-order chi connectivity index (χ1) is 11.8. The Morgan fingerprint density at radius 3 is 3.00 bits per heavy atom. The van der Waals surface area contributed by atoms with Gasteiger partial charge >= 0.3 is 0 Å². The fourth-order valence-corrected chi connectivity index (χ4v) is 3.50. The lowest BCUT2D eigenvalue weighted by molar-refractivity contribution is -0.0170. The lowest BCUT2D eigenvalue weighted by Crippen LogP contribution is -2.41. The van der Waals surface area contributed by atoms with Gasteiger partial charge in [0.25, 0.3) is 0 Å². The molecule has 24 heavy (non-hydrogen) atoms. The van der Waals surface area contributed by atoms with Gasteiger partial charge < -0.3 is 19.9 Å². The molecule has 1 heterocycles. The molecule has 2 aliphatic rings. The standard InChI is InChI=1S/C19H30N2O3/c22-17(14-20-8-9-21-10-12-23-13-11-21)15-24-19-7-3-5-16-4-1-2-6-18(16)19/h1-2,4,6,17,19-20,22H,3,5,7-15H2. The van der Waals surface area contributed by atoms with Crippen LogP contribution in [0.1, 0.15) is 30.1 Å². The van der Waals surface area contributed by atoms with Gasteiger partial charge in [0.05, 0.1) is 32.0 Å². The average Bonchev–Trinajstić information content (AvgIpc) is 2.64. The van der Waals surface area contributed by atoms with E-state index in [0.717, 1.165) is 58.7 Å². The number of fused-ring (bicyclic) bond motifs is 1. The highest BCUT2D eigenvalue weighted by atomic mass is 16.5. The third-order valence-corrected chi connectivity index (χ3v) is 4.89. The number of rotatable bonds is 8. The Balaban J connectivity index is 1.32. The zero-order valence-corrected chi connectivity index (χ0v) is 14.5. The monoisotopic (exact) mass is 334 g/mol. The Kier molecular flexibility index (Phi) is 7.05. The van der Waals surface area contributed by atoms with Crippen molar-refractivity contribution in [3.8, 4) is 0 Å². The lowest BCUT2D eigenvalue weighted by atomic mass is 9.89. The number of nitrogens with one attached hydrogen (secondary N) is 1. The molecular formula is C19H30N2O3. The van der Waals surface area contributed by atoms with Gasteiger partial charge in [-0.15, -0.1) is 0 Å². The van der Waals surface area contributed by atoms with Crippen LogP contribution in [-0.2, 0) is 15.9 Å². The molecule has 2 atom stereocenters. The van der Waals surface area contributed by atoms with Crippen LogP contribution in [0.15, 0.2) is 24.3 Å². The van der Waals surface area contributed by atoms with E-state index >= 15 is 0 Å². The molecule has 1 aromatic rings. The number of aliphatic hydroxyl groups is 1. The summed E-state index contributed by atoms with van der Waals surface area (Å²) in [5.74, 6) is 0. The van der Waals surface area contributed by atoms with Crippen molar-refractivity contribution in [3.05, 3.63) is 35.4 Å². The number of hydrogen-bond acceptors (Lipinski definition) is 5. The van der Waals surface area contributed by atoms with Gasteiger partial charge in [0.15, 0.2) is 0 Å². The van der Waals surface area contributed by atoms with E-state index in [0.29, 0.717) is 13.2 Å². The summed E-state index contributed by atoms with van der Waals surface area (Å²) in [5.41, 5.74) is 2.70. The SMILES string of the molecule is OC(CNCCN1CCOCC1)COC1CCCc2ccccc21. The van der Waals surface area contributed by atoms with Crippen molar-refractivity contribution in [3.63, 3.8) is 0 Å². The number of hydrogen-bond donors (Lipinski definition) is 2. The maximum atomic E-state index is 10.1. The van der Waals surface area contributed by atoms with Gasteiger partial charge in [0, 0.05) is 32.7 Å². The van der Waals surface area contributed by atoms with Crippen LogP contribution in [0, 0.1) is 0 Å². The molecule has 1 aliphatic carbocycles. The van der Waals surface area contributed by atoms with Crippen molar-refractivity contribution < 1.29 is 14.6 Å². The summed E-state index contributed by atoms with van der Waals surface area (Å²) < 4.78 is 11.3. The summed E-state index contributed by atoms with van der Waals surface area (Å²) in [7, 11) is 0. The second kappa shape index (κ2) is 9.49. The fraction of sp³-hybridized carbons (Fsp3) is 0.684.